The standard InChI is InChI=1S/C41H52N6O8/c1-6-8-18-33(49)42-30(24-53-5)36(27-14-10-9-11-15-27)54-40(52)34-32-19-20-41(55-32)35(34)38(50)47(28(23-48)22-26(3)4)37(41)39(51)45(21-7-2)25-46-31-17-13-12-16-29(31)43-44-46/h6-7,9-17,26,28,30,32,34-37,48H,1-2,8,18-25H2,3-5H3,(H,42,49)/t28-,30-,32-,34+,35+,36-,37-,41+/m1/s1. The van der Waals surface area contributed by atoms with Gasteiger partial charge in [0.1, 0.15) is 29.9 Å². The minimum absolute atomic E-state index is 0.0195. The summed E-state index contributed by atoms with van der Waals surface area (Å²) < 4.78 is 20.2. The molecule has 3 amide bonds. The van der Waals surface area contributed by atoms with Crippen LogP contribution >= 0.6 is 0 Å². The zero-order chi connectivity index (χ0) is 39.3. The molecule has 14 heteroatoms. The first-order valence-corrected chi connectivity index (χ1v) is 19.0. The van der Waals surface area contributed by atoms with Crippen LogP contribution in [0.15, 0.2) is 79.9 Å². The molecule has 55 heavy (non-hydrogen) atoms. The van der Waals surface area contributed by atoms with Crippen molar-refractivity contribution >= 4 is 34.7 Å². The Morgan fingerprint density at radius 2 is 1.87 bits per heavy atom. The van der Waals surface area contributed by atoms with Gasteiger partial charge in [-0.25, -0.2) is 4.68 Å². The largest absolute Gasteiger partial charge is 0.455 e. The quantitative estimate of drug-likeness (QED) is 0.137. The van der Waals surface area contributed by atoms with Crippen molar-refractivity contribution in [2.75, 3.05) is 26.9 Å². The molecule has 6 rings (SSSR count). The zero-order valence-electron chi connectivity index (χ0n) is 31.8. The third-order valence-corrected chi connectivity index (χ3v) is 11.0. The summed E-state index contributed by atoms with van der Waals surface area (Å²) in [6, 6.07) is 13.9. The van der Waals surface area contributed by atoms with E-state index in [2.05, 4.69) is 28.8 Å². The van der Waals surface area contributed by atoms with E-state index in [1.54, 1.807) is 33.9 Å². The molecule has 3 saturated heterocycles. The van der Waals surface area contributed by atoms with Crippen molar-refractivity contribution in [2.24, 2.45) is 17.8 Å². The molecule has 1 spiro atoms. The van der Waals surface area contributed by atoms with E-state index in [1.807, 2.05) is 56.3 Å². The summed E-state index contributed by atoms with van der Waals surface area (Å²) in [6.45, 7) is 11.4. The summed E-state index contributed by atoms with van der Waals surface area (Å²) in [5.41, 5.74) is 0.666. The van der Waals surface area contributed by atoms with Crippen molar-refractivity contribution in [3.63, 3.8) is 0 Å². The number of methoxy groups -OCH3 is 1. The van der Waals surface area contributed by atoms with Crippen molar-refractivity contribution in [3.8, 4) is 0 Å². The Kier molecular flexibility index (Phi) is 12.5. The number of aromatic nitrogens is 3. The molecule has 3 aliphatic rings. The van der Waals surface area contributed by atoms with Crippen LogP contribution in [0, 0.1) is 17.8 Å². The van der Waals surface area contributed by atoms with Gasteiger partial charge in [-0.1, -0.05) is 73.7 Å². The van der Waals surface area contributed by atoms with Crippen LogP contribution in [-0.2, 0) is 40.1 Å². The van der Waals surface area contributed by atoms with E-state index in [-0.39, 0.29) is 44.7 Å². The number of benzene rings is 2. The maximum absolute atomic E-state index is 15.0. The average molecular weight is 757 g/mol. The SMILES string of the molecule is C=CCCC(=O)N[C@H](COC)[C@H](OC(=O)[C@@H]1[C@H]2C(=O)N([C@@H](CO)CC(C)C)[C@H](C(=O)N(CC=C)Cn3nnc4ccccc43)[C@]23CC[C@H]1O3)c1ccccc1. The van der Waals surface area contributed by atoms with Gasteiger partial charge in [-0.15, -0.1) is 18.3 Å². The van der Waals surface area contributed by atoms with Crippen LogP contribution in [0.3, 0.4) is 0 Å². The van der Waals surface area contributed by atoms with Gasteiger partial charge in [-0.3, -0.25) is 19.2 Å². The van der Waals surface area contributed by atoms with Gasteiger partial charge in [0.05, 0.1) is 48.8 Å². The van der Waals surface area contributed by atoms with Crippen molar-refractivity contribution in [3.05, 3.63) is 85.5 Å². The van der Waals surface area contributed by atoms with Crippen LogP contribution in [0.4, 0.5) is 0 Å². The highest BCUT2D eigenvalue weighted by Crippen LogP contribution is 2.59. The monoisotopic (exact) mass is 756 g/mol. The van der Waals surface area contributed by atoms with Crippen molar-refractivity contribution in [1.29, 1.82) is 0 Å². The second-order valence-electron chi connectivity index (χ2n) is 15.1. The van der Waals surface area contributed by atoms with E-state index in [0.717, 1.165) is 5.52 Å². The summed E-state index contributed by atoms with van der Waals surface area (Å²) in [4.78, 5) is 60.6. The highest BCUT2D eigenvalue weighted by Gasteiger charge is 2.75. The average Bonchev–Trinajstić information content (AvgIpc) is 3.94. The van der Waals surface area contributed by atoms with Crippen LogP contribution in [-0.4, -0.2) is 110 Å². The first-order valence-electron chi connectivity index (χ1n) is 19.0. The van der Waals surface area contributed by atoms with E-state index in [9.17, 15) is 19.5 Å². The summed E-state index contributed by atoms with van der Waals surface area (Å²) in [5, 5.41) is 22.3. The van der Waals surface area contributed by atoms with E-state index in [1.165, 1.54) is 12.0 Å². The fourth-order valence-corrected chi connectivity index (χ4v) is 8.71. The number of hydrogen-bond acceptors (Lipinski definition) is 10. The molecule has 294 valence electrons. The van der Waals surface area contributed by atoms with Gasteiger partial charge in [0.2, 0.25) is 17.7 Å². The predicted molar refractivity (Wildman–Crippen MR) is 203 cm³/mol. The molecule has 0 saturated carbocycles. The maximum Gasteiger partial charge on any atom is 0.313 e. The molecule has 2 N–H and O–H groups in total. The molecule has 0 aliphatic carbocycles. The predicted octanol–water partition coefficient (Wildman–Crippen LogP) is 3.57. The molecule has 3 aliphatic heterocycles. The minimum Gasteiger partial charge on any atom is -0.455 e. The third kappa shape index (κ3) is 7.80. The summed E-state index contributed by atoms with van der Waals surface area (Å²) in [5.74, 6) is -3.79. The number of fused-ring (bicyclic) bond motifs is 2. The molecule has 0 unspecified atom stereocenters. The number of carbonyl (C=O) groups excluding carboxylic acids is 4. The number of rotatable bonds is 19. The number of nitrogens with one attached hydrogen (secondary N) is 1. The van der Waals surface area contributed by atoms with Crippen LogP contribution < -0.4 is 5.32 Å². The number of hydrogen-bond donors (Lipinski definition) is 2. The number of nitrogens with zero attached hydrogens (tertiary/aromatic N) is 5. The second kappa shape index (κ2) is 17.3. The summed E-state index contributed by atoms with van der Waals surface area (Å²) >= 11 is 0. The first kappa shape index (κ1) is 39.8. The number of amides is 3. The van der Waals surface area contributed by atoms with E-state index >= 15 is 4.79 Å². The molecule has 0 radical (unpaired) electrons. The smallest absolute Gasteiger partial charge is 0.313 e. The van der Waals surface area contributed by atoms with Gasteiger partial charge in [0.15, 0.2) is 0 Å². The molecule has 4 heterocycles. The molecule has 3 aromatic rings. The van der Waals surface area contributed by atoms with Crippen LogP contribution in [0.2, 0.25) is 0 Å². The topological polar surface area (TPSA) is 165 Å². The number of carbonyl (C=O) groups is 4. The fraction of sp³-hybridized carbons (Fsp3) is 0.512. The summed E-state index contributed by atoms with van der Waals surface area (Å²) in [6.07, 6.45) is 3.46. The summed E-state index contributed by atoms with van der Waals surface area (Å²) in [7, 11) is 1.50. The molecule has 14 nitrogen and oxygen atoms in total. The van der Waals surface area contributed by atoms with Gasteiger partial charge in [0, 0.05) is 20.1 Å². The van der Waals surface area contributed by atoms with Crippen molar-refractivity contribution in [1.82, 2.24) is 30.1 Å². The number of esters is 1. The van der Waals surface area contributed by atoms with Gasteiger partial charge in [0.25, 0.3) is 0 Å². The van der Waals surface area contributed by atoms with E-state index < -0.39 is 65.6 Å². The first-order chi connectivity index (χ1) is 26.6. The molecule has 3 fully saturated rings. The van der Waals surface area contributed by atoms with Crippen LogP contribution in [0.25, 0.3) is 11.0 Å². The molecular formula is C41H52N6O8. The Labute approximate surface area is 321 Å². The number of para-hydroxylation sites is 1. The lowest BCUT2D eigenvalue weighted by Gasteiger charge is -2.39. The zero-order valence-corrected chi connectivity index (χ0v) is 31.8. The van der Waals surface area contributed by atoms with Gasteiger partial charge < -0.3 is 34.4 Å². The lowest BCUT2D eigenvalue weighted by molar-refractivity contribution is -0.163. The van der Waals surface area contributed by atoms with E-state index in [0.29, 0.717) is 36.8 Å². The van der Waals surface area contributed by atoms with Gasteiger partial charge >= 0.3 is 5.97 Å². The number of likely N-dealkylation sites (tertiary alicyclic amines) is 1. The second-order valence-corrected chi connectivity index (χ2v) is 15.1. The highest BCUT2D eigenvalue weighted by molar-refractivity contribution is 5.98. The van der Waals surface area contributed by atoms with Crippen LogP contribution in [0.1, 0.15) is 57.6 Å². The Balaban J connectivity index is 1.36. The van der Waals surface area contributed by atoms with Crippen LogP contribution in [0.5, 0.6) is 0 Å². The van der Waals surface area contributed by atoms with Crippen molar-refractivity contribution < 1.29 is 38.5 Å². The molecule has 2 bridgehead atoms. The lowest BCUT2D eigenvalue weighted by atomic mass is 9.70. The Hall–Kier alpha value is -4.92. The lowest BCUT2D eigenvalue weighted by Crippen LogP contribution is -2.59. The molecular weight excluding hydrogens is 704 g/mol. The molecule has 2 aromatic carbocycles. The number of aliphatic hydroxyl groups excluding tert-OH is 1. The maximum atomic E-state index is 15.0. The molecule has 1 aromatic heterocycles. The number of allylic oxidation sites excluding steroid dienone is 1. The number of aliphatic hydroxyl groups is 1. The molecule has 8 atom stereocenters. The highest BCUT2D eigenvalue weighted by atomic mass is 16.6. The van der Waals surface area contributed by atoms with Gasteiger partial charge in [-0.2, -0.15) is 0 Å². The van der Waals surface area contributed by atoms with E-state index in [4.69, 9.17) is 14.2 Å². The van der Waals surface area contributed by atoms with Crippen molar-refractivity contribution in [2.45, 2.75) is 88.6 Å². The van der Waals surface area contributed by atoms with Gasteiger partial charge in [-0.05, 0) is 49.3 Å². The minimum atomic E-state index is -1.36. The Morgan fingerprint density at radius 3 is 2.56 bits per heavy atom. The third-order valence-electron chi connectivity index (χ3n) is 11.0. The Bertz CT molecular complexity index is 1870. The fourth-order valence-electron chi connectivity index (χ4n) is 8.71. The normalized spacial score (nSPS) is 24.4. The number of ether oxygens (including phenoxy) is 3. The Morgan fingerprint density at radius 1 is 1.13 bits per heavy atom.